The van der Waals surface area contributed by atoms with Crippen molar-refractivity contribution in [3.8, 4) is 0 Å². The Labute approximate surface area is 302 Å². The third kappa shape index (κ3) is 5.22. The van der Waals surface area contributed by atoms with E-state index < -0.39 is 5.41 Å². The van der Waals surface area contributed by atoms with Crippen LogP contribution in [0.2, 0.25) is 0 Å². The first-order valence-corrected chi connectivity index (χ1v) is 20.0. The molecule has 1 saturated heterocycles. The standard InChI is InChI=1S/C44H64N2O4/c1-29(2)31-15-20-44(39(49)50-28-27-45-23-25-46(26-24-45)38(48)32-12-10-9-11-30(32)3)22-21-42(7)33(37(31)44)13-14-35-41(6)18-17-36(47)40(4,5)34(41)16-19-43(35,42)8/h9-12,31,33-35,37H,1,13-28H2,2-8H3/t31-,33+,34-,35+,37+,41-,42+,43+,44-/m0/s1. The van der Waals surface area contributed by atoms with Gasteiger partial charge in [-0.05, 0) is 129 Å². The summed E-state index contributed by atoms with van der Waals surface area (Å²) in [6.45, 7) is 25.1. The van der Waals surface area contributed by atoms with Crippen LogP contribution in [0.4, 0.5) is 0 Å². The molecule has 1 heterocycles. The van der Waals surface area contributed by atoms with Crippen molar-refractivity contribution in [3.63, 3.8) is 0 Å². The van der Waals surface area contributed by atoms with Gasteiger partial charge in [0.15, 0.2) is 0 Å². The highest BCUT2D eigenvalue weighted by Gasteiger charge is 2.72. The fourth-order valence-electron chi connectivity index (χ4n) is 13.9. The molecule has 6 fully saturated rings. The average molecular weight is 685 g/mol. The van der Waals surface area contributed by atoms with Crippen molar-refractivity contribution in [2.24, 2.45) is 56.7 Å². The van der Waals surface area contributed by atoms with Gasteiger partial charge in [0.25, 0.3) is 5.91 Å². The molecule has 5 aliphatic carbocycles. The second kappa shape index (κ2) is 12.6. The molecular weight excluding hydrogens is 620 g/mol. The van der Waals surface area contributed by atoms with E-state index in [1.165, 1.54) is 24.8 Å². The van der Waals surface area contributed by atoms with Crippen molar-refractivity contribution in [1.82, 2.24) is 9.80 Å². The van der Waals surface area contributed by atoms with Gasteiger partial charge in [0, 0.05) is 50.1 Å². The number of ketones is 1. The number of rotatable bonds is 6. The number of carbonyl (C=O) groups is 3. The molecule has 1 amide bonds. The molecule has 1 aromatic carbocycles. The van der Waals surface area contributed by atoms with Crippen LogP contribution in [0.1, 0.15) is 122 Å². The average Bonchev–Trinajstić information content (AvgIpc) is 3.49. The molecule has 0 radical (unpaired) electrons. The largest absolute Gasteiger partial charge is 0.464 e. The summed E-state index contributed by atoms with van der Waals surface area (Å²) in [7, 11) is 0. The van der Waals surface area contributed by atoms with Gasteiger partial charge in [0.2, 0.25) is 0 Å². The maximum absolute atomic E-state index is 14.5. The zero-order valence-electron chi connectivity index (χ0n) is 32.2. The number of fused-ring (bicyclic) bond motifs is 7. The highest BCUT2D eigenvalue weighted by atomic mass is 16.5. The fraction of sp³-hybridized carbons (Fsp3) is 0.750. The minimum absolute atomic E-state index is 0.0390. The Balaban J connectivity index is 1.04. The van der Waals surface area contributed by atoms with E-state index in [0.717, 1.165) is 69.2 Å². The molecule has 0 bridgehead atoms. The Morgan fingerprint density at radius 1 is 0.860 bits per heavy atom. The summed E-state index contributed by atoms with van der Waals surface area (Å²) < 4.78 is 6.32. The lowest BCUT2D eigenvalue weighted by atomic mass is 9.32. The summed E-state index contributed by atoms with van der Waals surface area (Å²) in [5, 5.41) is 0. The number of aryl methyl sites for hydroxylation is 1. The Bertz CT molecular complexity index is 1540. The predicted octanol–water partition coefficient (Wildman–Crippen LogP) is 8.52. The van der Waals surface area contributed by atoms with Gasteiger partial charge in [-0.1, -0.05) is 65.0 Å². The first kappa shape index (κ1) is 35.9. The van der Waals surface area contributed by atoms with E-state index in [-0.39, 0.29) is 39.5 Å². The molecule has 0 unspecified atom stereocenters. The van der Waals surface area contributed by atoms with Gasteiger partial charge >= 0.3 is 5.97 Å². The second-order valence-electron chi connectivity index (χ2n) is 19.1. The van der Waals surface area contributed by atoms with Crippen LogP contribution in [-0.4, -0.2) is 66.8 Å². The van der Waals surface area contributed by atoms with E-state index in [2.05, 4.69) is 53.0 Å². The van der Waals surface area contributed by atoms with Crippen molar-refractivity contribution in [2.75, 3.05) is 39.3 Å². The summed E-state index contributed by atoms with van der Waals surface area (Å²) >= 11 is 0. The van der Waals surface area contributed by atoms with Gasteiger partial charge in [0.05, 0.1) is 5.41 Å². The number of ether oxygens (including phenoxy) is 1. The highest BCUT2D eigenvalue weighted by molar-refractivity contribution is 5.95. The number of hydrogen-bond acceptors (Lipinski definition) is 5. The van der Waals surface area contributed by atoms with Crippen LogP contribution in [0, 0.1) is 63.6 Å². The summed E-state index contributed by atoms with van der Waals surface area (Å²) in [6, 6.07) is 7.82. The minimum Gasteiger partial charge on any atom is -0.464 e. The number of allylic oxidation sites excluding steroid dienone is 1. The molecule has 0 spiro atoms. The molecular formula is C44H64N2O4. The number of benzene rings is 1. The smallest absolute Gasteiger partial charge is 0.312 e. The second-order valence-corrected chi connectivity index (χ2v) is 19.1. The third-order valence-corrected chi connectivity index (χ3v) is 16.9. The summed E-state index contributed by atoms with van der Waals surface area (Å²) in [5.74, 6) is 2.81. The molecule has 5 saturated carbocycles. The molecule has 50 heavy (non-hydrogen) atoms. The molecule has 9 atom stereocenters. The van der Waals surface area contributed by atoms with Crippen molar-refractivity contribution < 1.29 is 19.1 Å². The molecule has 274 valence electrons. The Kier molecular flexibility index (Phi) is 9.04. The van der Waals surface area contributed by atoms with Gasteiger partial charge in [0.1, 0.15) is 12.4 Å². The Morgan fingerprint density at radius 2 is 1.58 bits per heavy atom. The molecule has 6 nitrogen and oxygen atoms in total. The molecule has 0 N–H and O–H groups in total. The van der Waals surface area contributed by atoms with Gasteiger partial charge in [-0.2, -0.15) is 0 Å². The quantitative estimate of drug-likeness (QED) is 0.222. The maximum atomic E-state index is 14.5. The lowest BCUT2D eigenvalue weighted by Gasteiger charge is -2.72. The Hall–Kier alpha value is -2.47. The van der Waals surface area contributed by atoms with Crippen molar-refractivity contribution in [3.05, 3.63) is 47.5 Å². The van der Waals surface area contributed by atoms with Gasteiger partial charge in [-0.3, -0.25) is 19.3 Å². The van der Waals surface area contributed by atoms with E-state index >= 15 is 0 Å². The normalized spacial score (nSPS) is 41.0. The zero-order chi connectivity index (χ0) is 35.9. The van der Waals surface area contributed by atoms with Gasteiger partial charge in [-0.25, -0.2) is 0 Å². The van der Waals surface area contributed by atoms with E-state index in [9.17, 15) is 14.4 Å². The number of Topliss-reactive ketones (excluding diaryl/α,β-unsaturated/α-hetero) is 1. The summed E-state index contributed by atoms with van der Waals surface area (Å²) in [6.07, 6.45) is 10.4. The van der Waals surface area contributed by atoms with Crippen molar-refractivity contribution >= 4 is 17.7 Å². The van der Waals surface area contributed by atoms with E-state index in [1.807, 2.05) is 36.1 Å². The number of nitrogens with zero attached hydrogens (tertiary/aromatic N) is 2. The van der Waals surface area contributed by atoms with Crippen molar-refractivity contribution in [2.45, 2.75) is 113 Å². The SMILES string of the molecule is C=C(C)[C@@H]1CC[C@]2(C(=O)OCCN3CCN(C(=O)c4ccccc4C)CC3)CC[C@]3(C)[C@H](CC[C@@H]4[C@@]5(C)CCC(=O)C(C)(C)[C@@H]5CC[C@]43C)[C@@H]12. The first-order chi connectivity index (χ1) is 23.6. The fourth-order valence-corrected chi connectivity index (χ4v) is 13.9. The maximum Gasteiger partial charge on any atom is 0.312 e. The number of esters is 1. The lowest BCUT2D eigenvalue weighted by molar-refractivity contribution is -0.236. The molecule has 7 rings (SSSR count). The third-order valence-electron chi connectivity index (χ3n) is 16.9. The topological polar surface area (TPSA) is 66.9 Å². The van der Waals surface area contributed by atoms with E-state index in [1.54, 1.807) is 0 Å². The zero-order valence-corrected chi connectivity index (χ0v) is 32.2. The van der Waals surface area contributed by atoms with E-state index in [0.29, 0.717) is 55.7 Å². The molecule has 0 aromatic heterocycles. The summed E-state index contributed by atoms with van der Waals surface area (Å²) in [5.41, 5.74) is 2.92. The number of carbonyl (C=O) groups excluding carboxylic acids is 3. The Morgan fingerprint density at radius 3 is 2.28 bits per heavy atom. The monoisotopic (exact) mass is 684 g/mol. The molecule has 1 aromatic rings. The van der Waals surface area contributed by atoms with Crippen LogP contribution in [0.25, 0.3) is 0 Å². The van der Waals surface area contributed by atoms with Crippen molar-refractivity contribution in [1.29, 1.82) is 0 Å². The molecule has 1 aliphatic heterocycles. The highest BCUT2D eigenvalue weighted by Crippen LogP contribution is 2.77. The number of amides is 1. The van der Waals surface area contributed by atoms with E-state index in [4.69, 9.17) is 4.74 Å². The number of piperazine rings is 1. The predicted molar refractivity (Wildman–Crippen MR) is 198 cm³/mol. The van der Waals surface area contributed by atoms with Crippen LogP contribution in [0.5, 0.6) is 0 Å². The minimum atomic E-state index is -0.421. The number of hydrogen-bond donors (Lipinski definition) is 0. The summed E-state index contributed by atoms with van der Waals surface area (Å²) in [4.78, 5) is 45.1. The molecule has 6 aliphatic rings. The van der Waals surface area contributed by atoms with Gasteiger partial charge < -0.3 is 9.64 Å². The lowest BCUT2D eigenvalue weighted by Crippen LogP contribution is -2.66. The first-order valence-electron chi connectivity index (χ1n) is 20.0. The van der Waals surface area contributed by atoms with Crippen LogP contribution >= 0.6 is 0 Å². The van der Waals surface area contributed by atoms with Crippen LogP contribution in [0.3, 0.4) is 0 Å². The van der Waals surface area contributed by atoms with Gasteiger partial charge in [-0.15, -0.1) is 0 Å². The molecule has 6 heteroatoms. The van der Waals surface area contributed by atoms with Crippen LogP contribution in [0.15, 0.2) is 36.4 Å². The van der Waals surface area contributed by atoms with Crippen LogP contribution < -0.4 is 0 Å². The van der Waals surface area contributed by atoms with Crippen LogP contribution in [-0.2, 0) is 14.3 Å².